The first-order valence-corrected chi connectivity index (χ1v) is 9.26. The van der Waals surface area contributed by atoms with Gasteiger partial charge < -0.3 is 20.1 Å². The van der Waals surface area contributed by atoms with Crippen molar-refractivity contribution in [3.05, 3.63) is 53.1 Å². The highest BCUT2D eigenvalue weighted by Crippen LogP contribution is 2.40. The first kappa shape index (κ1) is 19.8. The van der Waals surface area contributed by atoms with E-state index in [0.29, 0.717) is 40.2 Å². The third-order valence-corrected chi connectivity index (χ3v) is 4.19. The Kier molecular flexibility index (Phi) is 6.21. The van der Waals surface area contributed by atoms with Gasteiger partial charge in [-0.15, -0.1) is 0 Å². The summed E-state index contributed by atoms with van der Waals surface area (Å²) in [6.45, 7) is 4.11. The van der Waals surface area contributed by atoms with E-state index in [2.05, 4.69) is 10.6 Å². The van der Waals surface area contributed by atoms with E-state index < -0.39 is 0 Å². The molecule has 0 aliphatic carbocycles. The van der Waals surface area contributed by atoms with Gasteiger partial charge in [-0.1, -0.05) is 25.4 Å². The van der Waals surface area contributed by atoms with Crippen LogP contribution in [0.2, 0.25) is 5.02 Å². The van der Waals surface area contributed by atoms with Gasteiger partial charge in [0.25, 0.3) is 0 Å². The van der Waals surface area contributed by atoms with Gasteiger partial charge in [0, 0.05) is 23.9 Å². The Hall–Kier alpha value is -2.99. The quantitative estimate of drug-likeness (QED) is 0.689. The summed E-state index contributed by atoms with van der Waals surface area (Å²) in [5.74, 6) is 1.05. The number of ether oxygens (including phenoxy) is 2. The van der Waals surface area contributed by atoms with E-state index in [1.165, 1.54) is 6.08 Å². The number of rotatable bonds is 6. The maximum Gasteiger partial charge on any atom is 0.248 e. The normalized spacial score (nSPS) is 12.4. The Balaban J connectivity index is 1.57. The number of fused-ring (bicyclic) bond motifs is 1. The molecule has 0 radical (unpaired) electrons. The van der Waals surface area contributed by atoms with Gasteiger partial charge in [-0.05, 0) is 54.0 Å². The zero-order valence-electron chi connectivity index (χ0n) is 15.6. The molecule has 1 aliphatic rings. The molecule has 2 aromatic rings. The number of halogens is 1. The molecule has 3 rings (SSSR count). The van der Waals surface area contributed by atoms with E-state index in [1.54, 1.807) is 42.5 Å². The highest BCUT2D eigenvalue weighted by atomic mass is 35.5. The van der Waals surface area contributed by atoms with Crippen LogP contribution in [0.4, 0.5) is 11.4 Å². The zero-order valence-corrected chi connectivity index (χ0v) is 16.4. The Bertz CT molecular complexity index is 907. The average Bonchev–Trinajstić information content (AvgIpc) is 3.10. The molecule has 2 amide bonds. The SMILES string of the molecule is CC(C)CC(=O)Nc1ccc(NC(=O)/C=C/c2cc(Cl)c3c(c2)OCO3)cc1. The van der Waals surface area contributed by atoms with Crippen LogP contribution in [0.15, 0.2) is 42.5 Å². The second-order valence-electron chi connectivity index (χ2n) is 6.78. The van der Waals surface area contributed by atoms with Gasteiger partial charge in [-0.2, -0.15) is 0 Å². The first-order valence-electron chi connectivity index (χ1n) is 8.89. The van der Waals surface area contributed by atoms with Crippen LogP contribution in [-0.2, 0) is 9.59 Å². The molecule has 0 atom stereocenters. The van der Waals surface area contributed by atoms with Gasteiger partial charge >= 0.3 is 0 Å². The standard InChI is InChI=1S/C21H21ClN2O4/c1-13(2)9-20(26)24-16-6-4-15(5-7-16)23-19(25)8-3-14-10-17(22)21-18(11-14)27-12-28-21/h3-8,10-11,13H,9,12H2,1-2H3,(H,23,25)(H,24,26)/b8-3+. The number of amides is 2. The summed E-state index contributed by atoms with van der Waals surface area (Å²) in [5.41, 5.74) is 2.04. The molecule has 0 saturated carbocycles. The van der Waals surface area contributed by atoms with Crippen molar-refractivity contribution in [3.8, 4) is 11.5 Å². The van der Waals surface area contributed by atoms with E-state index in [0.717, 1.165) is 5.56 Å². The fourth-order valence-electron chi connectivity index (χ4n) is 2.66. The predicted octanol–water partition coefficient (Wildman–Crippen LogP) is 4.71. The lowest BCUT2D eigenvalue weighted by atomic mass is 10.1. The number of anilines is 2. The van der Waals surface area contributed by atoms with Gasteiger partial charge in [-0.25, -0.2) is 0 Å². The Morgan fingerprint density at radius 2 is 1.79 bits per heavy atom. The minimum Gasteiger partial charge on any atom is -0.454 e. The molecule has 146 valence electrons. The van der Waals surface area contributed by atoms with Crippen molar-refractivity contribution >= 4 is 40.9 Å². The Morgan fingerprint density at radius 1 is 1.11 bits per heavy atom. The van der Waals surface area contributed by atoms with Crippen LogP contribution in [0.5, 0.6) is 11.5 Å². The number of carbonyl (C=O) groups excluding carboxylic acids is 2. The molecule has 1 heterocycles. The molecular formula is C21H21ClN2O4. The minimum absolute atomic E-state index is 0.0305. The zero-order chi connectivity index (χ0) is 20.1. The summed E-state index contributed by atoms with van der Waals surface area (Å²) in [5, 5.41) is 6.03. The van der Waals surface area contributed by atoms with Crippen molar-refractivity contribution in [1.82, 2.24) is 0 Å². The summed E-state index contributed by atoms with van der Waals surface area (Å²) in [6.07, 6.45) is 3.52. The fourth-order valence-corrected chi connectivity index (χ4v) is 2.93. The lowest BCUT2D eigenvalue weighted by Crippen LogP contribution is -2.14. The van der Waals surface area contributed by atoms with Crippen LogP contribution in [0, 0.1) is 5.92 Å². The maximum absolute atomic E-state index is 12.1. The first-order chi connectivity index (χ1) is 13.4. The second-order valence-corrected chi connectivity index (χ2v) is 7.19. The summed E-state index contributed by atoms with van der Waals surface area (Å²) < 4.78 is 10.6. The maximum atomic E-state index is 12.1. The smallest absolute Gasteiger partial charge is 0.248 e. The van der Waals surface area contributed by atoms with Crippen molar-refractivity contribution in [1.29, 1.82) is 0 Å². The number of benzene rings is 2. The van der Waals surface area contributed by atoms with Crippen molar-refractivity contribution in [2.24, 2.45) is 5.92 Å². The highest BCUT2D eigenvalue weighted by molar-refractivity contribution is 6.32. The van der Waals surface area contributed by atoms with Gasteiger partial charge in [0.15, 0.2) is 11.5 Å². The Labute approximate surface area is 168 Å². The molecular weight excluding hydrogens is 380 g/mol. The summed E-state index contributed by atoms with van der Waals surface area (Å²) in [6, 6.07) is 10.4. The van der Waals surface area contributed by atoms with Crippen molar-refractivity contribution in [2.75, 3.05) is 17.4 Å². The average molecular weight is 401 g/mol. The van der Waals surface area contributed by atoms with Crippen molar-refractivity contribution in [3.63, 3.8) is 0 Å². The van der Waals surface area contributed by atoms with Crippen molar-refractivity contribution in [2.45, 2.75) is 20.3 Å². The third kappa shape index (κ3) is 5.27. The van der Waals surface area contributed by atoms with Crippen LogP contribution in [0.3, 0.4) is 0 Å². The fraction of sp³-hybridized carbons (Fsp3) is 0.238. The van der Waals surface area contributed by atoms with Crippen LogP contribution in [0.25, 0.3) is 6.08 Å². The molecule has 0 saturated heterocycles. The molecule has 0 spiro atoms. The van der Waals surface area contributed by atoms with Gasteiger partial charge in [0.2, 0.25) is 18.6 Å². The van der Waals surface area contributed by atoms with Crippen LogP contribution < -0.4 is 20.1 Å². The molecule has 6 nitrogen and oxygen atoms in total. The van der Waals surface area contributed by atoms with Gasteiger partial charge in [0.05, 0.1) is 5.02 Å². The van der Waals surface area contributed by atoms with E-state index in [1.807, 2.05) is 13.8 Å². The van der Waals surface area contributed by atoms with E-state index in [-0.39, 0.29) is 18.6 Å². The van der Waals surface area contributed by atoms with Gasteiger partial charge in [0.1, 0.15) is 0 Å². The molecule has 0 bridgehead atoms. The third-order valence-electron chi connectivity index (χ3n) is 3.91. The number of hydrogen-bond donors (Lipinski definition) is 2. The minimum atomic E-state index is -0.287. The summed E-state index contributed by atoms with van der Waals surface area (Å²) in [7, 11) is 0. The monoisotopic (exact) mass is 400 g/mol. The molecule has 7 heteroatoms. The number of carbonyl (C=O) groups is 2. The lowest BCUT2D eigenvalue weighted by Gasteiger charge is -2.08. The van der Waals surface area contributed by atoms with Crippen LogP contribution in [0.1, 0.15) is 25.8 Å². The molecule has 0 aromatic heterocycles. The number of nitrogens with one attached hydrogen (secondary N) is 2. The molecule has 0 unspecified atom stereocenters. The lowest BCUT2D eigenvalue weighted by molar-refractivity contribution is -0.117. The molecule has 0 fully saturated rings. The summed E-state index contributed by atoms with van der Waals surface area (Å²) in [4.78, 5) is 23.9. The molecule has 1 aliphatic heterocycles. The molecule has 2 aromatic carbocycles. The second kappa shape index (κ2) is 8.80. The predicted molar refractivity (Wildman–Crippen MR) is 110 cm³/mol. The van der Waals surface area contributed by atoms with Crippen LogP contribution >= 0.6 is 11.6 Å². The van der Waals surface area contributed by atoms with Crippen LogP contribution in [-0.4, -0.2) is 18.6 Å². The largest absolute Gasteiger partial charge is 0.454 e. The Morgan fingerprint density at radius 3 is 2.46 bits per heavy atom. The number of hydrogen-bond acceptors (Lipinski definition) is 4. The van der Waals surface area contributed by atoms with Crippen molar-refractivity contribution < 1.29 is 19.1 Å². The van der Waals surface area contributed by atoms with Gasteiger partial charge in [-0.3, -0.25) is 9.59 Å². The highest BCUT2D eigenvalue weighted by Gasteiger charge is 2.17. The van der Waals surface area contributed by atoms with E-state index in [4.69, 9.17) is 21.1 Å². The summed E-state index contributed by atoms with van der Waals surface area (Å²) >= 11 is 6.13. The molecule has 2 N–H and O–H groups in total. The van der Waals surface area contributed by atoms with E-state index in [9.17, 15) is 9.59 Å². The topological polar surface area (TPSA) is 76.7 Å². The molecule has 28 heavy (non-hydrogen) atoms. The van der Waals surface area contributed by atoms with E-state index >= 15 is 0 Å².